The molecule has 0 aliphatic carbocycles. The molecule has 1 heterocycles. The zero-order chi connectivity index (χ0) is 19.1. The van der Waals surface area contributed by atoms with Gasteiger partial charge in [0.05, 0.1) is 12.4 Å². The summed E-state index contributed by atoms with van der Waals surface area (Å²) < 4.78 is 17.8. The molecule has 0 fully saturated rings. The van der Waals surface area contributed by atoms with E-state index in [1.807, 2.05) is 0 Å². The average Bonchev–Trinajstić information content (AvgIpc) is 2.61. The van der Waals surface area contributed by atoms with Crippen LogP contribution in [0.5, 0.6) is 0 Å². The summed E-state index contributed by atoms with van der Waals surface area (Å²) in [6.45, 7) is 2.28. The number of ether oxygens (including phenoxy) is 1. The fourth-order valence-electron chi connectivity index (χ4n) is 2.00. The van der Waals surface area contributed by atoms with Gasteiger partial charge in [-0.25, -0.2) is 19.2 Å². The lowest BCUT2D eigenvalue weighted by molar-refractivity contribution is -0.127. The molecule has 0 spiro atoms. The molecule has 1 aromatic carbocycles. The van der Waals surface area contributed by atoms with Gasteiger partial charge in [-0.3, -0.25) is 4.79 Å². The third-order valence-electron chi connectivity index (χ3n) is 3.37. The Morgan fingerprint density at radius 2 is 2.00 bits per heavy atom. The number of thioether (sulfide) groups is 1. The second-order valence-corrected chi connectivity index (χ2v) is 6.28. The van der Waals surface area contributed by atoms with E-state index in [1.54, 1.807) is 26.1 Å². The van der Waals surface area contributed by atoms with Gasteiger partial charge < -0.3 is 15.4 Å². The maximum absolute atomic E-state index is 12.9. The summed E-state index contributed by atoms with van der Waals surface area (Å²) >= 11 is 1.11. The molecule has 0 saturated heterocycles. The van der Waals surface area contributed by atoms with Crippen LogP contribution in [0.15, 0.2) is 35.6 Å². The third-order valence-corrected chi connectivity index (χ3v) is 4.22. The van der Waals surface area contributed by atoms with E-state index in [2.05, 4.69) is 9.97 Å². The quantitative estimate of drug-likeness (QED) is 0.448. The monoisotopic (exact) mass is 378 g/mol. The third kappa shape index (κ3) is 5.41. The molecule has 1 amide bonds. The molecule has 0 bridgehead atoms. The lowest BCUT2D eigenvalue weighted by Crippen LogP contribution is -2.27. The Bertz CT molecular complexity index is 786. The maximum Gasteiger partial charge on any atom is 0.343 e. The van der Waals surface area contributed by atoms with E-state index >= 15 is 0 Å². The largest absolute Gasteiger partial charge is 0.462 e. The standard InChI is InChI=1S/C17H19FN4O3S/c1-3-25-16(24)13-8-20-17(21-15(13)19)26-10-14(23)22(2)9-11-4-6-12(18)7-5-11/h4-8H,3,9-10H2,1-2H3,(H2,19,20,21). The minimum atomic E-state index is -0.586. The Balaban J connectivity index is 1.91. The molecule has 26 heavy (non-hydrogen) atoms. The number of anilines is 1. The van der Waals surface area contributed by atoms with Gasteiger partial charge in [0.15, 0.2) is 5.16 Å². The fraction of sp³-hybridized carbons (Fsp3) is 0.294. The Morgan fingerprint density at radius 3 is 2.62 bits per heavy atom. The maximum atomic E-state index is 12.9. The van der Waals surface area contributed by atoms with Crippen LogP contribution in [-0.4, -0.2) is 46.2 Å². The molecule has 0 saturated carbocycles. The van der Waals surface area contributed by atoms with Crippen molar-refractivity contribution in [2.45, 2.75) is 18.6 Å². The summed E-state index contributed by atoms with van der Waals surface area (Å²) in [4.78, 5) is 33.4. The molecule has 138 valence electrons. The van der Waals surface area contributed by atoms with Crippen LogP contribution >= 0.6 is 11.8 Å². The molecule has 1 aromatic heterocycles. The van der Waals surface area contributed by atoms with Crippen molar-refractivity contribution in [3.05, 3.63) is 47.4 Å². The van der Waals surface area contributed by atoms with Gasteiger partial charge >= 0.3 is 5.97 Å². The van der Waals surface area contributed by atoms with Gasteiger partial charge in [-0.1, -0.05) is 23.9 Å². The van der Waals surface area contributed by atoms with Crippen molar-refractivity contribution in [3.8, 4) is 0 Å². The molecule has 2 N–H and O–H groups in total. The second kappa shape index (κ2) is 9.14. The summed E-state index contributed by atoms with van der Waals surface area (Å²) in [6.07, 6.45) is 1.29. The summed E-state index contributed by atoms with van der Waals surface area (Å²) in [5, 5.41) is 0.291. The fourth-order valence-corrected chi connectivity index (χ4v) is 2.77. The molecular weight excluding hydrogens is 359 g/mol. The highest BCUT2D eigenvalue weighted by Crippen LogP contribution is 2.18. The number of carbonyl (C=O) groups excluding carboxylic acids is 2. The highest BCUT2D eigenvalue weighted by molar-refractivity contribution is 7.99. The molecule has 7 nitrogen and oxygen atoms in total. The molecule has 2 aromatic rings. The van der Waals surface area contributed by atoms with Crippen molar-refractivity contribution < 1.29 is 18.7 Å². The highest BCUT2D eigenvalue weighted by Gasteiger charge is 2.15. The lowest BCUT2D eigenvalue weighted by atomic mass is 10.2. The van der Waals surface area contributed by atoms with E-state index in [-0.39, 0.29) is 35.5 Å². The number of esters is 1. The summed E-state index contributed by atoms with van der Waals surface area (Å²) in [5.41, 5.74) is 6.66. The van der Waals surface area contributed by atoms with Gasteiger partial charge in [0, 0.05) is 19.8 Å². The minimum Gasteiger partial charge on any atom is -0.462 e. The van der Waals surface area contributed by atoms with Gasteiger partial charge in [0.25, 0.3) is 0 Å². The number of halogens is 1. The highest BCUT2D eigenvalue weighted by atomic mass is 32.2. The molecule has 0 radical (unpaired) electrons. The van der Waals surface area contributed by atoms with E-state index in [9.17, 15) is 14.0 Å². The van der Waals surface area contributed by atoms with E-state index in [0.717, 1.165) is 17.3 Å². The van der Waals surface area contributed by atoms with E-state index < -0.39 is 5.97 Å². The van der Waals surface area contributed by atoms with Crippen LogP contribution in [0.3, 0.4) is 0 Å². The lowest BCUT2D eigenvalue weighted by Gasteiger charge is -2.17. The van der Waals surface area contributed by atoms with Crippen LogP contribution in [-0.2, 0) is 16.1 Å². The Morgan fingerprint density at radius 1 is 1.31 bits per heavy atom. The van der Waals surface area contributed by atoms with Crippen LogP contribution in [0.2, 0.25) is 0 Å². The number of nitrogens with zero attached hydrogens (tertiary/aromatic N) is 3. The van der Waals surface area contributed by atoms with Crippen molar-refractivity contribution in [2.24, 2.45) is 0 Å². The normalized spacial score (nSPS) is 10.4. The van der Waals surface area contributed by atoms with Gasteiger partial charge in [0.1, 0.15) is 17.2 Å². The summed E-state index contributed by atoms with van der Waals surface area (Å²) in [6, 6.07) is 5.96. The first-order valence-corrected chi connectivity index (χ1v) is 8.80. The summed E-state index contributed by atoms with van der Waals surface area (Å²) in [7, 11) is 1.66. The van der Waals surface area contributed by atoms with Crippen LogP contribution in [0, 0.1) is 5.82 Å². The number of benzene rings is 1. The van der Waals surface area contributed by atoms with E-state index in [1.165, 1.54) is 23.2 Å². The Hall–Kier alpha value is -2.68. The minimum absolute atomic E-state index is 0.00747. The topological polar surface area (TPSA) is 98.4 Å². The number of carbonyl (C=O) groups is 2. The van der Waals surface area contributed by atoms with Crippen molar-refractivity contribution in [3.63, 3.8) is 0 Å². The van der Waals surface area contributed by atoms with E-state index in [0.29, 0.717) is 11.7 Å². The van der Waals surface area contributed by atoms with E-state index in [4.69, 9.17) is 10.5 Å². The molecule has 0 atom stereocenters. The first-order chi connectivity index (χ1) is 12.4. The van der Waals surface area contributed by atoms with Gasteiger partial charge in [-0.15, -0.1) is 0 Å². The van der Waals surface area contributed by atoms with Crippen LogP contribution in [0.1, 0.15) is 22.8 Å². The second-order valence-electron chi connectivity index (χ2n) is 5.34. The van der Waals surface area contributed by atoms with Crippen molar-refractivity contribution in [2.75, 3.05) is 25.1 Å². The molecule has 0 aliphatic heterocycles. The zero-order valence-electron chi connectivity index (χ0n) is 14.4. The number of amides is 1. The Kier molecular flexibility index (Phi) is 6.90. The number of rotatable bonds is 7. The molecule has 2 rings (SSSR count). The zero-order valence-corrected chi connectivity index (χ0v) is 15.3. The summed E-state index contributed by atoms with van der Waals surface area (Å²) in [5.74, 6) is -0.935. The van der Waals surface area contributed by atoms with Gasteiger partial charge in [0.2, 0.25) is 5.91 Å². The SMILES string of the molecule is CCOC(=O)c1cnc(SCC(=O)N(C)Cc2ccc(F)cc2)nc1N. The number of nitrogens with two attached hydrogens (primary N) is 1. The molecular formula is C17H19FN4O3S. The number of aromatic nitrogens is 2. The van der Waals surface area contributed by atoms with Crippen LogP contribution < -0.4 is 5.73 Å². The van der Waals surface area contributed by atoms with Gasteiger partial charge in [-0.05, 0) is 24.6 Å². The smallest absolute Gasteiger partial charge is 0.343 e. The van der Waals surface area contributed by atoms with Crippen LogP contribution in [0.4, 0.5) is 10.2 Å². The molecule has 0 aliphatic rings. The number of hydrogen-bond acceptors (Lipinski definition) is 7. The van der Waals surface area contributed by atoms with Crippen molar-refractivity contribution >= 4 is 29.5 Å². The number of nitrogen functional groups attached to an aromatic ring is 1. The average molecular weight is 378 g/mol. The van der Waals surface area contributed by atoms with Gasteiger partial charge in [-0.2, -0.15) is 0 Å². The van der Waals surface area contributed by atoms with Crippen molar-refractivity contribution in [1.82, 2.24) is 14.9 Å². The molecule has 0 unspecified atom stereocenters. The van der Waals surface area contributed by atoms with Crippen LogP contribution in [0.25, 0.3) is 0 Å². The molecule has 9 heteroatoms. The number of hydrogen-bond donors (Lipinski definition) is 1. The first kappa shape index (κ1) is 19.6. The predicted molar refractivity (Wildman–Crippen MR) is 96.0 cm³/mol. The first-order valence-electron chi connectivity index (χ1n) is 7.81. The Labute approximate surface area is 154 Å². The van der Waals surface area contributed by atoms with Crippen molar-refractivity contribution in [1.29, 1.82) is 0 Å². The predicted octanol–water partition coefficient (Wildman–Crippen LogP) is 2.13.